The zero-order valence-electron chi connectivity index (χ0n) is 8.44. The monoisotopic (exact) mass is 205 g/mol. The molecule has 0 aromatic heterocycles. The minimum atomic E-state index is -4.31. The average molecular weight is 205 g/mol. The maximum absolute atomic E-state index is 12.2. The molecule has 1 aromatic rings. The van der Waals surface area contributed by atoms with Crippen LogP contribution >= 0.6 is 0 Å². The van der Waals surface area contributed by atoms with Crippen molar-refractivity contribution in [2.75, 3.05) is 5.73 Å². The van der Waals surface area contributed by atoms with E-state index in [0.717, 1.165) is 6.07 Å². The lowest BCUT2D eigenvalue weighted by atomic mass is 10.1. The van der Waals surface area contributed by atoms with Gasteiger partial charge in [-0.3, -0.25) is 0 Å². The van der Waals surface area contributed by atoms with Gasteiger partial charge in [0.25, 0.3) is 0 Å². The molecule has 0 aliphatic rings. The van der Waals surface area contributed by atoms with Crippen LogP contribution in [0.3, 0.4) is 0 Å². The predicted octanol–water partition coefficient (Wildman–Crippen LogP) is 3.62. The topological polar surface area (TPSA) is 26.0 Å². The Morgan fingerprint density at radius 1 is 1.14 bits per heavy atom. The second-order valence-electron chi connectivity index (χ2n) is 2.52. The molecule has 0 aliphatic heterocycles. The highest BCUT2D eigenvalue weighted by Crippen LogP contribution is 2.33. The molecule has 0 radical (unpaired) electrons. The number of nitrogen functional groups attached to an aromatic ring is 1. The first kappa shape index (κ1) is 12.8. The molecule has 0 spiro atoms. The molecule has 0 aliphatic carbocycles. The van der Waals surface area contributed by atoms with Crippen molar-refractivity contribution >= 4 is 5.69 Å². The fourth-order valence-electron chi connectivity index (χ4n) is 0.961. The summed E-state index contributed by atoms with van der Waals surface area (Å²) >= 11 is 0. The van der Waals surface area contributed by atoms with E-state index < -0.39 is 11.7 Å². The highest BCUT2D eigenvalue weighted by Gasteiger charge is 2.32. The van der Waals surface area contributed by atoms with E-state index in [4.69, 9.17) is 5.73 Å². The molecule has 4 heteroatoms. The average Bonchev–Trinajstić information content (AvgIpc) is 2.11. The van der Waals surface area contributed by atoms with Gasteiger partial charge < -0.3 is 5.73 Å². The minimum absolute atomic E-state index is 0.0880. The second-order valence-corrected chi connectivity index (χ2v) is 2.52. The molecule has 0 saturated carbocycles. The van der Waals surface area contributed by atoms with E-state index in [9.17, 15) is 13.2 Å². The van der Waals surface area contributed by atoms with Crippen LogP contribution in [0.1, 0.15) is 25.0 Å². The lowest BCUT2D eigenvalue weighted by Crippen LogP contribution is -2.08. The number of anilines is 1. The van der Waals surface area contributed by atoms with Gasteiger partial charge in [-0.1, -0.05) is 19.9 Å². The summed E-state index contributed by atoms with van der Waals surface area (Å²) in [5, 5.41) is 0. The van der Waals surface area contributed by atoms with Gasteiger partial charge in [-0.05, 0) is 24.6 Å². The van der Waals surface area contributed by atoms with E-state index >= 15 is 0 Å². The molecular weight excluding hydrogens is 191 g/mol. The molecule has 0 bridgehead atoms. The smallest absolute Gasteiger partial charge is 0.399 e. The standard InChI is InChI=1S/C8H8F3N.C2H6/c1-5-6(8(9,10)11)3-2-4-7(5)12;1-2/h2-4H,12H2,1H3;1-2H3. The van der Waals surface area contributed by atoms with Crippen LogP contribution in [0.5, 0.6) is 0 Å². The molecule has 0 fully saturated rings. The Hall–Kier alpha value is -1.19. The molecule has 1 nitrogen and oxygen atoms in total. The second kappa shape index (κ2) is 4.88. The van der Waals surface area contributed by atoms with Crippen LogP contribution in [0, 0.1) is 6.92 Å². The van der Waals surface area contributed by atoms with E-state index in [1.54, 1.807) is 0 Å². The van der Waals surface area contributed by atoms with Gasteiger partial charge >= 0.3 is 6.18 Å². The molecule has 0 heterocycles. The lowest BCUT2D eigenvalue weighted by Gasteiger charge is -2.10. The van der Waals surface area contributed by atoms with Gasteiger partial charge in [0.05, 0.1) is 5.56 Å². The summed E-state index contributed by atoms with van der Waals surface area (Å²) in [6.07, 6.45) is -4.31. The summed E-state index contributed by atoms with van der Waals surface area (Å²) in [7, 11) is 0. The zero-order valence-corrected chi connectivity index (χ0v) is 8.44. The Morgan fingerprint density at radius 3 is 2.00 bits per heavy atom. The number of alkyl halides is 3. The third-order valence-corrected chi connectivity index (χ3v) is 1.68. The molecule has 1 rings (SSSR count). The molecule has 0 unspecified atom stereocenters. The first-order valence-corrected chi connectivity index (χ1v) is 4.35. The number of hydrogen-bond acceptors (Lipinski definition) is 1. The van der Waals surface area contributed by atoms with Crippen molar-refractivity contribution in [1.82, 2.24) is 0 Å². The highest BCUT2D eigenvalue weighted by molar-refractivity contribution is 5.50. The third-order valence-electron chi connectivity index (χ3n) is 1.68. The van der Waals surface area contributed by atoms with Crippen LogP contribution in [0.15, 0.2) is 18.2 Å². The number of rotatable bonds is 0. The largest absolute Gasteiger partial charge is 0.416 e. The van der Waals surface area contributed by atoms with Crippen LogP contribution in [0.4, 0.5) is 18.9 Å². The van der Waals surface area contributed by atoms with E-state index in [1.165, 1.54) is 19.1 Å². The highest BCUT2D eigenvalue weighted by atomic mass is 19.4. The Kier molecular flexibility index (Phi) is 4.47. The maximum atomic E-state index is 12.2. The summed E-state index contributed by atoms with van der Waals surface area (Å²) in [6.45, 7) is 5.36. The molecule has 0 atom stereocenters. The molecule has 0 saturated heterocycles. The first-order valence-electron chi connectivity index (χ1n) is 4.35. The van der Waals surface area contributed by atoms with Gasteiger partial charge in [0.1, 0.15) is 0 Å². The first-order chi connectivity index (χ1) is 6.43. The van der Waals surface area contributed by atoms with E-state index in [-0.39, 0.29) is 11.3 Å². The fraction of sp³-hybridized carbons (Fsp3) is 0.400. The number of benzene rings is 1. The van der Waals surface area contributed by atoms with Gasteiger partial charge in [0.2, 0.25) is 0 Å². The van der Waals surface area contributed by atoms with Crippen LogP contribution in [0.2, 0.25) is 0 Å². The third kappa shape index (κ3) is 2.94. The quantitative estimate of drug-likeness (QED) is 0.643. The molecule has 14 heavy (non-hydrogen) atoms. The SMILES string of the molecule is CC.Cc1c(N)cccc1C(F)(F)F. The van der Waals surface area contributed by atoms with Gasteiger partial charge in [-0.25, -0.2) is 0 Å². The molecule has 1 aromatic carbocycles. The van der Waals surface area contributed by atoms with Gasteiger partial charge in [0, 0.05) is 5.69 Å². The lowest BCUT2D eigenvalue weighted by molar-refractivity contribution is -0.138. The maximum Gasteiger partial charge on any atom is 0.416 e. The number of halogens is 3. The van der Waals surface area contributed by atoms with E-state index in [1.807, 2.05) is 13.8 Å². The Labute approximate surface area is 81.7 Å². The van der Waals surface area contributed by atoms with E-state index in [2.05, 4.69) is 0 Å². The van der Waals surface area contributed by atoms with Gasteiger partial charge in [-0.15, -0.1) is 0 Å². The van der Waals surface area contributed by atoms with Crippen LogP contribution < -0.4 is 5.73 Å². The van der Waals surface area contributed by atoms with Crippen molar-refractivity contribution in [3.8, 4) is 0 Å². The van der Waals surface area contributed by atoms with Crippen LogP contribution in [0.25, 0.3) is 0 Å². The van der Waals surface area contributed by atoms with Crippen LogP contribution in [-0.4, -0.2) is 0 Å². The molecular formula is C10H14F3N. The van der Waals surface area contributed by atoms with Crippen molar-refractivity contribution in [2.45, 2.75) is 26.9 Å². The number of nitrogens with two attached hydrogens (primary N) is 1. The summed E-state index contributed by atoms with van der Waals surface area (Å²) in [5.41, 5.74) is 4.91. The van der Waals surface area contributed by atoms with Crippen molar-refractivity contribution in [1.29, 1.82) is 0 Å². The summed E-state index contributed by atoms with van der Waals surface area (Å²) < 4.78 is 36.5. The van der Waals surface area contributed by atoms with E-state index in [0.29, 0.717) is 0 Å². The van der Waals surface area contributed by atoms with Gasteiger partial charge in [0.15, 0.2) is 0 Å². The predicted molar refractivity (Wildman–Crippen MR) is 51.9 cm³/mol. The zero-order chi connectivity index (χ0) is 11.4. The van der Waals surface area contributed by atoms with Gasteiger partial charge in [-0.2, -0.15) is 13.2 Å². The van der Waals surface area contributed by atoms with Crippen molar-refractivity contribution in [3.05, 3.63) is 29.3 Å². The minimum Gasteiger partial charge on any atom is -0.399 e. The Morgan fingerprint density at radius 2 is 1.64 bits per heavy atom. The van der Waals surface area contributed by atoms with Crippen molar-refractivity contribution in [2.24, 2.45) is 0 Å². The normalized spacial score (nSPS) is 10.4. The Balaban J connectivity index is 0.000000791. The van der Waals surface area contributed by atoms with Crippen LogP contribution in [-0.2, 0) is 6.18 Å². The summed E-state index contributed by atoms with van der Waals surface area (Å²) in [6, 6.07) is 3.77. The van der Waals surface area contributed by atoms with Crippen molar-refractivity contribution in [3.63, 3.8) is 0 Å². The molecule has 80 valence electrons. The summed E-state index contributed by atoms with van der Waals surface area (Å²) in [5.74, 6) is 0. The van der Waals surface area contributed by atoms with Crippen molar-refractivity contribution < 1.29 is 13.2 Å². The fourth-order valence-corrected chi connectivity index (χ4v) is 0.961. The number of hydrogen-bond donors (Lipinski definition) is 1. The Bertz CT molecular complexity index is 292. The summed E-state index contributed by atoms with van der Waals surface area (Å²) in [4.78, 5) is 0. The molecule has 2 N–H and O–H groups in total. The molecule has 0 amide bonds.